The minimum Gasteiger partial charge on any atom is -0.288 e. The number of carbonyl (C=O) groups excluding carboxylic acids is 1. The lowest BCUT2D eigenvalue weighted by atomic mass is 9.85. The van der Waals surface area contributed by atoms with E-state index in [9.17, 15) is 4.79 Å². The molecule has 18 heavy (non-hydrogen) atoms. The van der Waals surface area contributed by atoms with Crippen molar-refractivity contribution in [1.82, 2.24) is 20.2 Å². The number of nitrogens with one attached hydrogen (secondary N) is 2. The highest BCUT2D eigenvalue weighted by Gasteiger charge is 2.23. The van der Waals surface area contributed by atoms with Crippen LogP contribution >= 0.6 is 0 Å². The van der Waals surface area contributed by atoms with E-state index >= 15 is 0 Å². The zero-order valence-electron chi connectivity index (χ0n) is 9.76. The van der Waals surface area contributed by atoms with Crippen LogP contribution in [0.15, 0.2) is 24.4 Å². The molecule has 1 fully saturated rings. The minimum atomic E-state index is -0.297. The van der Waals surface area contributed by atoms with Crippen LogP contribution in [0.4, 0.5) is 5.95 Å². The number of carbonyl (C=O) groups is 1. The third-order valence-corrected chi connectivity index (χ3v) is 3.12. The molecule has 2 N–H and O–H groups in total. The number of H-pyrrole nitrogens is 1. The number of rotatable bonds is 3. The van der Waals surface area contributed by atoms with Gasteiger partial charge in [-0.2, -0.15) is 4.98 Å². The molecule has 0 aliphatic heterocycles. The first kappa shape index (κ1) is 10.9. The lowest BCUT2D eigenvalue weighted by Crippen LogP contribution is -2.14. The van der Waals surface area contributed by atoms with Gasteiger partial charge in [-0.05, 0) is 25.0 Å². The Bertz CT molecular complexity index is 547. The van der Waals surface area contributed by atoms with Crippen LogP contribution in [0.2, 0.25) is 0 Å². The summed E-state index contributed by atoms with van der Waals surface area (Å²) in [6.45, 7) is 0. The van der Waals surface area contributed by atoms with Gasteiger partial charge in [0.2, 0.25) is 5.95 Å². The zero-order valence-corrected chi connectivity index (χ0v) is 9.76. The third-order valence-electron chi connectivity index (χ3n) is 3.12. The van der Waals surface area contributed by atoms with Gasteiger partial charge < -0.3 is 0 Å². The summed E-state index contributed by atoms with van der Waals surface area (Å²) in [6, 6.07) is 5.17. The van der Waals surface area contributed by atoms with E-state index in [-0.39, 0.29) is 5.91 Å². The third kappa shape index (κ3) is 2.09. The van der Waals surface area contributed by atoms with Crippen LogP contribution < -0.4 is 5.32 Å². The quantitative estimate of drug-likeness (QED) is 0.859. The van der Waals surface area contributed by atoms with Crippen LogP contribution in [-0.4, -0.2) is 26.1 Å². The Labute approximate surface area is 104 Å². The van der Waals surface area contributed by atoms with Gasteiger partial charge in [0.25, 0.3) is 5.91 Å². The molecule has 0 radical (unpaired) electrons. The normalized spacial score (nSPS) is 15.1. The summed E-state index contributed by atoms with van der Waals surface area (Å²) in [7, 11) is 0. The molecule has 0 unspecified atom stereocenters. The van der Waals surface area contributed by atoms with E-state index in [1.165, 1.54) is 6.42 Å². The largest absolute Gasteiger partial charge is 0.288 e. The minimum absolute atomic E-state index is 0.297. The molecule has 1 aliphatic carbocycles. The van der Waals surface area contributed by atoms with Gasteiger partial charge in [0, 0.05) is 12.1 Å². The second kappa shape index (κ2) is 4.56. The van der Waals surface area contributed by atoms with E-state index in [0.717, 1.165) is 18.7 Å². The lowest BCUT2D eigenvalue weighted by molar-refractivity contribution is 0.102. The first-order chi connectivity index (χ1) is 8.83. The average molecular weight is 243 g/mol. The monoisotopic (exact) mass is 243 g/mol. The molecule has 1 amide bonds. The SMILES string of the molecule is O=C(Nc1n[nH]c(C2CCC2)n1)c1ccccn1. The number of hydrogen-bond donors (Lipinski definition) is 2. The number of hydrogen-bond acceptors (Lipinski definition) is 4. The van der Waals surface area contributed by atoms with Crippen molar-refractivity contribution in [2.24, 2.45) is 0 Å². The van der Waals surface area contributed by atoms with Gasteiger partial charge in [-0.1, -0.05) is 12.5 Å². The van der Waals surface area contributed by atoms with Crippen molar-refractivity contribution in [2.45, 2.75) is 25.2 Å². The number of amides is 1. The summed E-state index contributed by atoms with van der Waals surface area (Å²) in [5, 5.41) is 9.48. The summed E-state index contributed by atoms with van der Waals surface area (Å²) >= 11 is 0. The van der Waals surface area contributed by atoms with Crippen LogP contribution in [0.5, 0.6) is 0 Å². The molecule has 2 heterocycles. The van der Waals surface area contributed by atoms with E-state index in [4.69, 9.17) is 0 Å². The first-order valence-corrected chi connectivity index (χ1v) is 5.97. The van der Waals surface area contributed by atoms with Crippen LogP contribution in [-0.2, 0) is 0 Å². The Kier molecular flexibility index (Phi) is 2.76. The van der Waals surface area contributed by atoms with Gasteiger partial charge in [0.05, 0.1) is 0 Å². The summed E-state index contributed by atoms with van der Waals surface area (Å²) < 4.78 is 0. The summed E-state index contributed by atoms with van der Waals surface area (Å²) in [5.41, 5.74) is 0.354. The van der Waals surface area contributed by atoms with Crippen molar-refractivity contribution in [3.63, 3.8) is 0 Å². The highest BCUT2D eigenvalue weighted by molar-refractivity contribution is 6.01. The van der Waals surface area contributed by atoms with Gasteiger partial charge in [0.15, 0.2) is 0 Å². The number of pyridine rings is 1. The van der Waals surface area contributed by atoms with Crippen molar-refractivity contribution in [3.8, 4) is 0 Å². The molecule has 0 bridgehead atoms. The maximum Gasteiger partial charge on any atom is 0.276 e. The van der Waals surface area contributed by atoms with Gasteiger partial charge in [-0.3, -0.25) is 20.2 Å². The van der Waals surface area contributed by atoms with Crippen LogP contribution in [0, 0.1) is 0 Å². The van der Waals surface area contributed by atoms with E-state index < -0.39 is 0 Å². The van der Waals surface area contributed by atoms with E-state index in [1.807, 2.05) is 0 Å². The smallest absolute Gasteiger partial charge is 0.276 e. The molecular weight excluding hydrogens is 230 g/mol. The van der Waals surface area contributed by atoms with Crippen molar-refractivity contribution < 1.29 is 4.79 Å². The summed E-state index contributed by atoms with van der Waals surface area (Å²) in [5.74, 6) is 1.35. The topological polar surface area (TPSA) is 83.6 Å². The molecule has 1 saturated carbocycles. The molecule has 0 aromatic carbocycles. The zero-order chi connectivity index (χ0) is 12.4. The number of aromatic nitrogens is 4. The predicted molar refractivity (Wildman–Crippen MR) is 65.2 cm³/mol. The molecule has 2 aromatic rings. The highest BCUT2D eigenvalue weighted by Crippen LogP contribution is 2.34. The molecule has 2 aromatic heterocycles. The van der Waals surface area contributed by atoms with E-state index in [0.29, 0.717) is 17.6 Å². The summed E-state index contributed by atoms with van der Waals surface area (Å²) in [4.78, 5) is 20.0. The van der Waals surface area contributed by atoms with E-state index in [2.05, 4.69) is 25.5 Å². The molecule has 0 saturated heterocycles. The Morgan fingerprint density at radius 2 is 2.28 bits per heavy atom. The number of nitrogens with zero attached hydrogens (tertiary/aromatic N) is 3. The van der Waals surface area contributed by atoms with Crippen molar-refractivity contribution in [1.29, 1.82) is 0 Å². The Balaban J connectivity index is 1.69. The van der Waals surface area contributed by atoms with Crippen LogP contribution in [0.1, 0.15) is 41.5 Å². The first-order valence-electron chi connectivity index (χ1n) is 5.97. The highest BCUT2D eigenvalue weighted by atomic mass is 16.2. The van der Waals surface area contributed by atoms with Gasteiger partial charge in [-0.15, -0.1) is 5.10 Å². The Morgan fingerprint density at radius 1 is 1.39 bits per heavy atom. The molecule has 0 spiro atoms. The fourth-order valence-corrected chi connectivity index (χ4v) is 1.86. The Morgan fingerprint density at radius 3 is 2.94 bits per heavy atom. The molecule has 3 rings (SSSR count). The fourth-order valence-electron chi connectivity index (χ4n) is 1.86. The number of aromatic amines is 1. The molecule has 6 nitrogen and oxygen atoms in total. The molecule has 0 atom stereocenters. The second-order valence-electron chi connectivity index (χ2n) is 4.34. The van der Waals surface area contributed by atoms with Gasteiger partial charge in [0.1, 0.15) is 11.5 Å². The standard InChI is InChI=1S/C12H13N5O/c18-11(9-6-1-2-7-13-9)15-12-14-10(16-17-12)8-4-3-5-8/h1-2,6-8H,3-5H2,(H2,14,15,16,17,18). The van der Waals surface area contributed by atoms with E-state index in [1.54, 1.807) is 24.4 Å². The Hall–Kier alpha value is -2.24. The van der Waals surface area contributed by atoms with Crippen molar-refractivity contribution in [2.75, 3.05) is 5.32 Å². The van der Waals surface area contributed by atoms with Crippen LogP contribution in [0.3, 0.4) is 0 Å². The average Bonchev–Trinajstić information content (AvgIpc) is 2.76. The van der Waals surface area contributed by atoms with Crippen molar-refractivity contribution in [3.05, 3.63) is 35.9 Å². The van der Waals surface area contributed by atoms with Gasteiger partial charge >= 0.3 is 0 Å². The molecule has 1 aliphatic rings. The molecular formula is C12H13N5O. The van der Waals surface area contributed by atoms with Crippen LogP contribution in [0.25, 0.3) is 0 Å². The predicted octanol–water partition coefficient (Wildman–Crippen LogP) is 1.72. The van der Waals surface area contributed by atoms with Crippen molar-refractivity contribution >= 4 is 11.9 Å². The number of anilines is 1. The fraction of sp³-hybridized carbons (Fsp3) is 0.333. The molecule has 92 valence electrons. The summed E-state index contributed by atoms with van der Waals surface area (Å²) in [6.07, 6.45) is 5.10. The maximum atomic E-state index is 11.8. The second-order valence-corrected chi connectivity index (χ2v) is 4.34. The maximum absolute atomic E-state index is 11.8. The lowest BCUT2D eigenvalue weighted by Gasteiger charge is -2.22. The molecule has 6 heteroatoms. The van der Waals surface area contributed by atoms with Gasteiger partial charge in [-0.25, -0.2) is 0 Å².